The minimum Gasteiger partial charge on any atom is -0.494 e. The van der Waals surface area contributed by atoms with Crippen LogP contribution in [0, 0.1) is 13.8 Å². The van der Waals surface area contributed by atoms with E-state index in [9.17, 15) is 4.79 Å². The molecule has 0 heterocycles. The molecule has 0 aliphatic carbocycles. The van der Waals surface area contributed by atoms with Gasteiger partial charge in [-0.05, 0) is 63.5 Å². The van der Waals surface area contributed by atoms with Gasteiger partial charge in [0.25, 0.3) is 0 Å². The first-order valence-corrected chi connectivity index (χ1v) is 8.70. The zero-order chi connectivity index (χ0) is 16.1. The van der Waals surface area contributed by atoms with Gasteiger partial charge in [-0.15, -0.1) is 0 Å². The molecule has 2 aromatic rings. The maximum absolute atomic E-state index is 12.6. The molecule has 1 radical (unpaired) electrons. The molecule has 2 rings (SSSR count). The summed E-state index contributed by atoms with van der Waals surface area (Å²) in [7, 11) is 0.0671. The molecule has 0 amide bonds. The second-order valence-corrected chi connectivity index (χ2v) is 6.86. The fourth-order valence-electron chi connectivity index (χ4n) is 2.19. The SMILES string of the molecule is CCCOc1ccc(PC(=O)c2c(C)cccc2Cl)c(C)c1.[Li]. The van der Waals surface area contributed by atoms with Gasteiger partial charge >= 0.3 is 0 Å². The van der Waals surface area contributed by atoms with Crippen molar-refractivity contribution >= 4 is 49.9 Å². The molecule has 117 valence electrons. The van der Waals surface area contributed by atoms with E-state index in [-0.39, 0.29) is 33.0 Å². The van der Waals surface area contributed by atoms with Crippen molar-refractivity contribution in [1.82, 2.24) is 0 Å². The van der Waals surface area contributed by atoms with Crippen LogP contribution in [0.5, 0.6) is 5.75 Å². The maximum atomic E-state index is 12.6. The van der Waals surface area contributed by atoms with Crippen LogP contribution < -0.4 is 10.0 Å². The topological polar surface area (TPSA) is 26.3 Å². The Morgan fingerprint density at radius 2 is 1.91 bits per heavy atom. The van der Waals surface area contributed by atoms with E-state index in [1.54, 1.807) is 6.07 Å². The van der Waals surface area contributed by atoms with Crippen molar-refractivity contribution in [3.8, 4) is 5.75 Å². The van der Waals surface area contributed by atoms with Crippen molar-refractivity contribution in [1.29, 1.82) is 0 Å². The van der Waals surface area contributed by atoms with Crippen LogP contribution in [0.3, 0.4) is 0 Å². The summed E-state index contributed by atoms with van der Waals surface area (Å²) in [4.78, 5) is 12.6. The van der Waals surface area contributed by atoms with Crippen LogP contribution in [0.15, 0.2) is 36.4 Å². The van der Waals surface area contributed by atoms with E-state index < -0.39 is 0 Å². The molecule has 0 bridgehead atoms. The van der Waals surface area contributed by atoms with Gasteiger partial charge in [-0.1, -0.05) is 36.7 Å². The number of carbonyl (C=O) groups is 1. The molecule has 0 fully saturated rings. The van der Waals surface area contributed by atoms with Gasteiger partial charge in [0.1, 0.15) is 5.75 Å². The Bertz CT molecular complexity index is 668. The monoisotopic (exact) mass is 341 g/mol. The molecule has 23 heavy (non-hydrogen) atoms. The minimum atomic E-state index is 0. The first-order chi connectivity index (χ1) is 10.5. The zero-order valence-electron chi connectivity index (χ0n) is 14.1. The van der Waals surface area contributed by atoms with E-state index in [2.05, 4.69) is 6.92 Å². The molecular weight excluding hydrogens is 322 g/mol. The summed E-state index contributed by atoms with van der Waals surface area (Å²) in [5, 5.41) is 1.56. The Hall–Kier alpha value is -0.773. The van der Waals surface area contributed by atoms with Crippen molar-refractivity contribution in [2.45, 2.75) is 27.2 Å². The van der Waals surface area contributed by atoms with Crippen LogP contribution in [0.4, 0.5) is 0 Å². The maximum Gasteiger partial charge on any atom is 0.187 e. The first-order valence-electron chi connectivity index (χ1n) is 7.33. The molecule has 2 nitrogen and oxygen atoms in total. The molecule has 0 saturated carbocycles. The van der Waals surface area contributed by atoms with Gasteiger partial charge in [0.05, 0.1) is 11.6 Å². The Morgan fingerprint density at radius 3 is 2.52 bits per heavy atom. The van der Waals surface area contributed by atoms with Gasteiger partial charge in [-0.25, -0.2) is 0 Å². The number of rotatable bonds is 6. The average molecular weight is 342 g/mol. The van der Waals surface area contributed by atoms with Gasteiger partial charge in [0.2, 0.25) is 0 Å². The van der Waals surface area contributed by atoms with Crippen LogP contribution in [0.1, 0.15) is 34.8 Å². The van der Waals surface area contributed by atoms with E-state index in [0.717, 1.165) is 28.6 Å². The Morgan fingerprint density at radius 1 is 1.17 bits per heavy atom. The van der Waals surface area contributed by atoms with Crippen LogP contribution in [0.2, 0.25) is 5.02 Å². The number of benzene rings is 2. The van der Waals surface area contributed by atoms with Gasteiger partial charge in [0.15, 0.2) is 5.52 Å². The molecule has 1 atom stereocenters. The Labute approximate surface area is 156 Å². The van der Waals surface area contributed by atoms with E-state index in [4.69, 9.17) is 16.3 Å². The third kappa shape index (κ3) is 5.37. The van der Waals surface area contributed by atoms with Crippen LogP contribution >= 0.6 is 20.2 Å². The third-order valence-electron chi connectivity index (χ3n) is 3.37. The Kier molecular flexibility index (Phi) is 8.38. The van der Waals surface area contributed by atoms with Crippen molar-refractivity contribution in [2.75, 3.05) is 6.61 Å². The van der Waals surface area contributed by atoms with Crippen LogP contribution in [-0.2, 0) is 0 Å². The number of hydrogen-bond acceptors (Lipinski definition) is 2. The van der Waals surface area contributed by atoms with E-state index >= 15 is 0 Å². The van der Waals surface area contributed by atoms with E-state index in [1.807, 2.05) is 44.2 Å². The normalized spacial score (nSPS) is 10.6. The van der Waals surface area contributed by atoms with Crippen LogP contribution in [-0.4, -0.2) is 31.0 Å². The summed E-state index contributed by atoms with van der Waals surface area (Å²) in [5.74, 6) is 0.856. The van der Waals surface area contributed by atoms with E-state index in [0.29, 0.717) is 17.2 Å². The summed E-state index contributed by atoms with van der Waals surface area (Å²) in [6.45, 7) is 6.71. The fourth-order valence-corrected chi connectivity index (χ4v) is 3.71. The number of ether oxygens (including phenoxy) is 1. The summed E-state index contributed by atoms with van der Waals surface area (Å²) < 4.78 is 5.62. The minimum absolute atomic E-state index is 0. The standard InChI is InChI=1S/C18H20ClO2P.Li/c1-4-10-21-14-8-9-16(13(3)11-14)22-18(20)17-12(2)6-5-7-15(17)19;/h5-9,11,22H,4,10H2,1-3H3;. The van der Waals surface area contributed by atoms with Crippen LogP contribution in [0.25, 0.3) is 0 Å². The fraction of sp³-hybridized carbons (Fsp3) is 0.278. The quantitative estimate of drug-likeness (QED) is 0.571. The molecule has 0 N–H and O–H groups in total. The molecule has 0 aliphatic heterocycles. The number of carbonyl (C=O) groups excluding carboxylic acids is 1. The van der Waals surface area contributed by atoms with Crippen molar-refractivity contribution in [3.63, 3.8) is 0 Å². The third-order valence-corrected chi connectivity index (χ3v) is 4.99. The zero-order valence-corrected chi connectivity index (χ0v) is 15.8. The largest absolute Gasteiger partial charge is 0.494 e. The van der Waals surface area contributed by atoms with Gasteiger partial charge in [0, 0.05) is 24.4 Å². The van der Waals surface area contributed by atoms with Gasteiger partial charge in [-0.3, -0.25) is 4.79 Å². The predicted octanol–water partition coefficient (Wildman–Crippen LogP) is 4.51. The Balaban J connectivity index is 0.00000264. The number of hydrogen-bond donors (Lipinski definition) is 0. The summed E-state index contributed by atoms with van der Waals surface area (Å²) in [5.41, 5.74) is 2.71. The molecular formula is C18H20ClLiO2P. The predicted molar refractivity (Wildman–Crippen MR) is 101 cm³/mol. The average Bonchev–Trinajstić information content (AvgIpc) is 2.47. The molecule has 0 spiro atoms. The van der Waals surface area contributed by atoms with Crippen molar-refractivity contribution in [3.05, 3.63) is 58.1 Å². The smallest absolute Gasteiger partial charge is 0.187 e. The van der Waals surface area contributed by atoms with Gasteiger partial charge in [-0.2, -0.15) is 0 Å². The van der Waals surface area contributed by atoms with Crippen molar-refractivity contribution in [2.24, 2.45) is 0 Å². The first kappa shape index (κ1) is 20.3. The summed E-state index contributed by atoms with van der Waals surface area (Å²) in [6, 6.07) is 11.4. The number of aryl methyl sites for hydroxylation is 2. The van der Waals surface area contributed by atoms with Crippen molar-refractivity contribution < 1.29 is 9.53 Å². The molecule has 5 heteroatoms. The van der Waals surface area contributed by atoms with Gasteiger partial charge < -0.3 is 4.74 Å². The second kappa shape index (κ2) is 9.51. The summed E-state index contributed by atoms with van der Waals surface area (Å²) in [6.07, 6.45) is 0.979. The molecule has 0 aliphatic rings. The second-order valence-electron chi connectivity index (χ2n) is 5.21. The molecule has 0 saturated heterocycles. The molecule has 0 aromatic heterocycles. The van der Waals surface area contributed by atoms with E-state index in [1.165, 1.54) is 0 Å². The molecule has 1 unspecified atom stereocenters. The molecule has 2 aromatic carbocycles. The number of halogens is 1. The summed E-state index contributed by atoms with van der Waals surface area (Å²) >= 11 is 6.18.